The van der Waals surface area contributed by atoms with Crippen LogP contribution in [0.5, 0.6) is 0 Å². The summed E-state index contributed by atoms with van der Waals surface area (Å²) in [7, 11) is 0. The van der Waals surface area contributed by atoms with Gasteiger partial charge in [0.1, 0.15) is 5.84 Å². The molecule has 10 heavy (non-hydrogen) atoms. The maximum Gasteiger partial charge on any atom is 0.102 e. The van der Waals surface area contributed by atoms with Crippen LogP contribution in [-0.2, 0) is 4.74 Å². The molecule has 1 atom stereocenters. The minimum Gasteiger partial charge on any atom is -0.381 e. The van der Waals surface area contributed by atoms with E-state index in [2.05, 4.69) is 10.3 Å². The standard InChI is InChI=1S/C7H12N2O/c1-4-10-5-6(1)7-8-2-3-9-7/h6H,1-5H2,(H,8,9). The number of nitrogens with one attached hydrogen (secondary N) is 1. The molecule has 0 aromatic rings. The van der Waals surface area contributed by atoms with E-state index in [1.165, 1.54) is 5.84 Å². The summed E-state index contributed by atoms with van der Waals surface area (Å²) in [5, 5.41) is 3.27. The van der Waals surface area contributed by atoms with Gasteiger partial charge in [0.2, 0.25) is 0 Å². The predicted octanol–water partition coefficient (Wildman–Crippen LogP) is 0.0246. The molecule has 1 fully saturated rings. The fraction of sp³-hybridized carbons (Fsp3) is 0.857. The van der Waals surface area contributed by atoms with E-state index in [4.69, 9.17) is 4.74 Å². The van der Waals surface area contributed by atoms with Gasteiger partial charge in [-0.2, -0.15) is 0 Å². The second-order valence-corrected chi connectivity index (χ2v) is 2.75. The predicted molar refractivity (Wildman–Crippen MR) is 39.2 cm³/mol. The van der Waals surface area contributed by atoms with E-state index < -0.39 is 0 Å². The number of rotatable bonds is 1. The first-order valence-electron chi connectivity index (χ1n) is 3.83. The summed E-state index contributed by atoms with van der Waals surface area (Å²) in [6.07, 6.45) is 1.14. The molecule has 0 aliphatic carbocycles. The second kappa shape index (κ2) is 2.58. The fourth-order valence-corrected chi connectivity index (χ4v) is 1.44. The molecule has 0 aromatic carbocycles. The molecule has 0 aromatic heterocycles. The van der Waals surface area contributed by atoms with Gasteiger partial charge in [-0.25, -0.2) is 0 Å². The highest BCUT2D eigenvalue weighted by molar-refractivity contribution is 5.86. The van der Waals surface area contributed by atoms with Gasteiger partial charge >= 0.3 is 0 Å². The first kappa shape index (κ1) is 6.16. The summed E-state index contributed by atoms with van der Waals surface area (Å²) in [5.74, 6) is 1.75. The molecule has 3 nitrogen and oxygen atoms in total. The van der Waals surface area contributed by atoms with Crippen LogP contribution in [0.4, 0.5) is 0 Å². The molecule has 0 radical (unpaired) electrons. The molecule has 2 rings (SSSR count). The molecule has 1 saturated heterocycles. The van der Waals surface area contributed by atoms with Crippen LogP contribution in [0.15, 0.2) is 4.99 Å². The molecule has 3 heteroatoms. The van der Waals surface area contributed by atoms with Crippen molar-refractivity contribution in [1.29, 1.82) is 0 Å². The largest absolute Gasteiger partial charge is 0.381 e. The van der Waals surface area contributed by atoms with Crippen LogP contribution >= 0.6 is 0 Å². The van der Waals surface area contributed by atoms with Crippen LogP contribution in [0.25, 0.3) is 0 Å². The van der Waals surface area contributed by atoms with Gasteiger partial charge in [-0.1, -0.05) is 0 Å². The lowest BCUT2D eigenvalue weighted by atomic mass is 10.1. The van der Waals surface area contributed by atoms with E-state index in [9.17, 15) is 0 Å². The number of amidine groups is 1. The molecule has 2 heterocycles. The minimum atomic E-state index is 0.572. The Balaban J connectivity index is 1.97. The molecular weight excluding hydrogens is 128 g/mol. The summed E-state index contributed by atoms with van der Waals surface area (Å²) >= 11 is 0. The Bertz CT molecular complexity index is 150. The Morgan fingerprint density at radius 1 is 1.60 bits per heavy atom. The van der Waals surface area contributed by atoms with Crippen molar-refractivity contribution in [3.05, 3.63) is 0 Å². The lowest BCUT2D eigenvalue weighted by Crippen LogP contribution is -2.27. The summed E-state index contributed by atoms with van der Waals surface area (Å²) < 4.78 is 5.25. The Labute approximate surface area is 60.5 Å². The van der Waals surface area contributed by atoms with Crippen LogP contribution in [0, 0.1) is 5.92 Å². The Kier molecular flexibility index (Phi) is 1.59. The van der Waals surface area contributed by atoms with E-state index in [0.29, 0.717) is 5.92 Å². The third-order valence-electron chi connectivity index (χ3n) is 2.02. The molecular formula is C7H12N2O. The maximum atomic E-state index is 5.25. The van der Waals surface area contributed by atoms with Gasteiger partial charge in [0.05, 0.1) is 13.2 Å². The number of nitrogens with zero attached hydrogens (tertiary/aromatic N) is 1. The number of aliphatic imine (C=N–C) groups is 1. The van der Waals surface area contributed by atoms with Crippen molar-refractivity contribution in [3.63, 3.8) is 0 Å². The van der Waals surface area contributed by atoms with Gasteiger partial charge in [-0.15, -0.1) is 0 Å². The van der Waals surface area contributed by atoms with Gasteiger partial charge in [0.25, 0.3) is 0 Å². The molecule has 0 saturated carbocycles. The highest BCUT2D eigenvalue weighted by atomic mass is 16.5. The first-order valence-corrected chi connectivity index (χ1v) is 3.83. The molecule has 1 N–H and O–H groups in total. The normalized spacial score (nSPS) is 32.0. The number of ether oxygens (including phenoxy) is 1. The quantitative estimate of drug-likeness (QED) is 0.557. The van der Waals surface area contributed by atoms with Gasteiger partial charge in [0.15, 0.2) is 0 Å². The zero-order chi connectivity index (χ0) is 6.81. The molecule has 0 spiro atoms. The Morgan fingerprint density at radius 2 is 2.60 bits per heavy atom. The highest BCUT2D eigenvalue weighted by Crippen LogP contribution is 2.14. The van der Waals surface area contributed by atoms with Gasteiger partial charge in [0, 0.05) is 19.1 Å². The van der Waals surface area contributed by atoms with E-state index >= 15 is 0 Å². The van der Waals surface area contributed by atoms with Crippen molar-refractivity contribution in [3.8, 4) is 0 Å². The van der Waals surface area contributed by atoms with Gasteiger partial charge in [-0.05, 0) is 6.42 Å². The minimum absolute atomic E-state index is 0.572. The topological polar surface area (TPSA) is 33.6 Å². The van der Waals surface area contributed by atoms with Crippen LogP contribution in [0.1, 0.15) is 6.42 Å². The average Bonchev–Trinajstić information content (AvgIpc) is 2.59. The van der Waals surface area contributed by atoms with Crippen molar-refractivity contribution >= 4 is 5.84 Å². The van der Waals surface area contributed by atoms with Crippen LogP contribution in [0.3, 0.4) is 0 Å². The summed E-state index contributed by atoms with van der Waals surface area (Å²) in [4.78, 5) is 4.34. The van der Waals surface area contributed by atoms with Crippen molar-refractivity contribution in [2.45, 2.75) is 6.42 Å². The van der Waals surface area contributed by atoms with Crippen molar-refractivity contribution in [2.24, 2.45) is 10.9 Å². The van der Waals surface area contributed by atoms with Crippen LogP contribution in [0.2, 0.25) is 0 Å². The van der Waals surface area contributed by atoms with E-state index in [-0.39, 0.29) is 0 Å². The summed E-state index contributed by atoms with van der Waals surface area (Å²) in [6.45, 7) is 3.74. The summed E-state index contributed by atoms with van der Waals surface area (Å²) in [6, 6.07) is 0. The van der Waals surface area contributed by atoms with Gasteiger partial charge in [-0.3, -0.25) is 4.99 Å². The first-order chi connectivity index (χ1) is 4.97. The smallest absolute Gasteiger partial charge is 0.102 e. The molecule has 56 valence electrons. The Morgan fingerprint density at radius 3 is 3.20 bits per heavy atom. The Hall–Kier alpha value is -0.570. The molecule has 0 bridgehead atoms. The number of hydrogen-bond donors (Lipinski definition) is 1. The SMILES string of the molecule is C1CNC(C2CCOC2)=N1. The molecule has 1 unspecified atom stereocenters. The maximum absolute atomic E-state index is 5.25. The van der Waals surface area contributed by atoms with Gasteiger partial charge < -0.3 is 10.1 Å². The van der Waals surface area contributed by atoms with Crippen molar-refractivity contribution in [1.82, 2.24) is 5.32 Å². The lowest BCUT2D eigenvalue weighted by Gasteiger charge is -2.06. The third-order valence-corrected chi connectivity index (χ3v) is 2.02. The molecule has 2 aliphatic rings. The second-order valence-electron chi connectivity index (χ2n) is 2.75. The molecule has 0 amide bonds. The van der Waals surface area contributed by atoms with E-state index in [0.717, 1.165) is 32.7 Å². The van der Waals surface area contributed by atoms with Crippen LogP contribution < -0.4 is 5.32 Å². The van der Waals surface area contributed by atoms with Crippen molar-refractivity contribution < 1.29 is 4.74 Å². The highest BCUT2D eigenvalue weighted by Gasteiger charge is 2.22. The zero-order valence-corrected chi connectivity index (χ0v) is 5.97. The van der Waals surface area contributed by atoms with E-state index in [1.807, 2.05) is 0 Å². The third kappa shape index (κ3) is 1.01. The average molecular weight is 140 g/mol. The lowest BCUT2D eigenvalue weighted by molar-refractivity contribution is 0.193. The summed E-state index contributed by atoms with van der Waals surface area (Å²) in [5.41, 5.74) is 0. The number of hydrogen-bond acceptors (Lipinski definition) is 3. The molecule has 2 aliphatic heterocycles. The fourth-order valence-electron chi connectivity index (χ4n) is 1.44. The monoisotopic (exact) mass is 140 g/mol. The van der Waals surface area contributed by atoms with Crippen LogP contribution in [-0.4, -0.2) is 32.1 Å². The van der Waals surface area contributed by atoms with E-state index in [1.54, 1.807) is 0 Å². The zero-order valence-electron chi connectivity index (χ0n) is 5.97. The van der Waals surface area contributed by atoms with Crippen molar-refractivity contribution in [2.75, 3.05) is 26.3 Å².